The van der Waals surface area contributed by atoms with E-state index in [1.807, 2.05) is 22.7 Å². The molecule has 18 aromatic rings. The lowest BCUT2D eigenvalue weighted by Crippen LogP contribution is -1.93. The zero-order valence-corrected chi connectivity index (χ0v) is 46.4. The fourth-order valence-electron chi connectivity index (χ4n) is 13.6. The summed E-state index contributed by atoms with van der Waals surface area (Å²) < 4.78 is 12.6. The molecule has 0 saturated carbocycles. The van der Waals surface area contributed by atoms with Crippen molar-refractivity contribution in [2.45, 2.75) is 0 Å². The van der Waals surface area contributed by atoms with Crippen molar-refractivity contribution in [2.24, 2.45) is 0 Å². The minimum Gasteiger partial charge on any atom is -0.309 e. The number of fused-ring (bicyclic) bond motifs is 15. The van der Waals surface area contributed by atoms with Gasteiger partial charge < -0.3 is 13.7 Å². The number of nitrogens with zero attached hydrogens (tertiary/aromatic N) is 3. The van der Waals surface area contributed by atoms with Crippen LogP contribution in [0.5, 0.6) is 0 Å². The average Bonchev–Trinajstić information content (AvgIpc) is 2.50. The molecule has 5 heteroatoms. The number of thiophene rings is 2. The van der Waals surface area contributed by atoms with Crippen molar-refractivity contribution in [1.29, 1.82) is 0 Å². The van der Waals surface area contributed by atoms with Crippen LogP contribution in [0.4, 0.5) is 0 Å². The first-order valence-electron chi connectivity index (χ1n) is 28.4. The molecule has 0 saturated heterocycles. The number of hydrogen-bond donors (Lipinski definition) is 0. The van der Waals surface area contributed by atoms with E-state index in [2.05, 4.69) is 299 Å². The van der Waals surface area contributed by atoms with E-state index in [-0.39, 0.29) is 0 Å². The Labute approximate surface area is 485 Å². The van der Waals surface area contributed by atoms with Crippen molar-refractivity contribution in [3.63, 3.8) is 0 Å². The third-order valence-corrected chi connectivity index (χ3v) is 19.9. The number of benzene rings is 13. The summed E-state index contributed by atoms with van der Waals surface area (Å²) in [6, 6.07) is 106. The number of hydrogen-bond acceptors (Lipinski definition) is 2. The van der Waals surface area contributed by atoms with Crippen LogP contribution in [0.25, 0.3) is 167 Å². The van der Waals surface area contributed by atoms with Gasteiger partial charge in [-0.05, 0) is 166 Å². The maximum atomic E-state index is 2.43. The van der Waals surface area contributed by atoms with Gasteiger partial charge in [-0.3, -0.25) is 0 Å². The monoisotopic (exact) mass is 1090 g/mol. The molecule has 0 fully saturated rings. The van der Waals surface area contributed by atoms with Gasteiger partial charge in [0.1, 0.15) is 0 Å². The molecule has 0 aliphatic rings. The summed E-state index contributed by atoms with van der Waals surface area (Å²) in [6.07, 6.45) is 0. The Bertz CT molecular complexity index is 5350. The van der Waals surface area contributed by atoms with Gasteiger partial charge in [0, 0.05) is 89.7 Å². The van der Waals surface area contributed by atoms with Crippen LogP contribution in [-0.2, 0) is 0 Å². The van der Waals surface area contributed by atoms with E-state index in [4.69, 9.17) is 0 Å². The predicted octanol–water partition coefficient (Wildman–Crippen LogP) is 22.4. The van der Waals surface area contributed by atoms with Crippen LogP contribution in [-0.4, -0.2) is 13.7 Å². The maximum Gasteiger partial charge on any atom is 0.0541 e. The first-order chi connectivity index (χ1) is 41.1. The lowest BCUT2D eigenvalue weighted by Gasteiger charge is -2.09. The lowest BCUT2D eigenvalue weighted by atomic mass is 9.97. The fraction of sp³-hybridized carbons (Fsp3) is 0. The molecule has 0 aliphatic heterocycles. The van der Waals surface area contributed by atoms with E-state index < -0.39 is 0 Å². The minimum absolute atomic E-state index is 1.14. The molecule has 5 heterocycles. The van der Waals surface area contributed by atoms with Crippen molar-refractivity contribution in [3.8, 4) is 61.6 Å². The topological polar surface area (TPSA) is 14.8 Å². The van der Waals surface area contributed by atoms with Gasteiger partial charge in [-0.2, -0.15) is 0 Å². The van der Waals surface area contributed by atoms with Gasteiger partial charge in [-0.25, -0.2) is 0 Å². The van der Waals surface area contributed by atoms with Crippen LogP contribution >= 0.6 is 22.7 Å². The molecule has 0 N–H and O–H groups in total. The summed E-state index contributed by atoms with van der Waals surface area (Å²) in [7, 11) is 0. The van der Waals surface area contributed by atoms with Gasteiger partial charge in [-0.15, -0.1) is 22.7 Å². The zero-order valence-electron chi connectivity index (χ0n) is 44.8. The highest BCUT2D eigenvalue weighted by atomic mass is 32.1. The van der Waals surface area contributed by atoms with Crippen molar-refractivity contribution in [2.75, 3.05) is 0 Å². The molecule has 5 aromatic heterocycles. The maximum absolute atomic E-state index is 2.43. The molecule has 0 bridgehead atoms. The third kappa shape index (κ3) is 7.09. The van der Waals surface area contributed by atoms with E-state index in [0.29, 0.717) is 0 Å². The Morgan fingerprint density at radius 2 is 0.458 bits per heavy atom. The van der Waals surface area contributed by atoms with Gasteiger partial charge >= 0.3 is 0 Å². The summed E-state index contributed by atoms with van der Waals surface area (Å²) in [5.41, 5.74) is 20.3. The molecule has 13 aromatic carbocycles. The number of para-hydroxylation sites is 3. The second kappa shape index (κ2) is 18.1. The molecule has 18 rings (SSSR count). The fourth-order valence-corrected chi connectivity index (χ4v) is 16.1. The highest BCUT2D eigenvalue weighted by Crippen LogP contribution is 2.46. The molecule has 3 nitrogen and oxygen atoms in total. The molecular weight excluding hydrogens is 1040 g/mol. The van der Waals surface area contributed by atoms with Crippen LogP contribution in [0.15, 0.2) is 285 Å². The standard InChI is InChI=1S/C78H47N3S2/c1-4-16-54(17-5-1)79-69-36-30-48(50-32-38-71-65(44-50)67-46-52(34-40-73(67)80(71)55-18-6-2-7-19-55)57-24-14-26-61-59-22-10-12-28-75(59)82-77(57)61)42-63(69)64-43-49(31-37-70(64)79)51-33-39-72-66(45-51)68-47-53(35-41-74(68)81(72)56-20-8-3-9-21-56)58-25-15-27-62-60-23-11-13-29-76(60)83-78(58)62/h1-47H. The first kappa shape index (κ1) is 46.5. The van der Waals surface area contributed by atoms with Gasteiger partial charge in [0.15, 0.2) is 0 Å². The van der Waals surface area contributed by atoms with Gasteiger partial charge in [0.25, 0.3) is 0 Å². The van der Waals surface area contributed by atoms with E-state index in [1.54, 1.807) is 0 Å². The molecule has 0 amide bonds. The van der Waals surface area contributed by atoms with E-state index >= 15 is 0 Å². The van der Waals surface area contributed by atoms with Crippen molar-refractivity contribution >= 4 is 128 Å². The molecule has 0 radical (unpaired) electrons. The Morgan fingerprint density at radius 3 is 0.783 bits per heavy atom. The van der Waals surface area contributed by atoms with Gasteiger partial charge in [0.2, 0.25) is 0 Å². The summed E-state index contributed by atoms with van der Waals surface area (Å²) in [5, 5.41) is 12.6. The Kier molecular flexibility index (Phi) is 10.1. The predicted molar refractivity (Wildman–Crippen MR) is 357 cm³/mol. The molecule has 0 aliphatic carbocycles. The quantitative estimate of drug-likeness (QED) is 0.151. The molecule has 0 spiro atoms. The van der Waals surface area contributed by atoms with Crippen LogP contribution in [0.1, 0.15) is 0 Å². The average molecular weight is 1090 g/mol. The van der Waals surface area contributed by atoms with Crippen molar-refractivity contribution < 1.29 is 0 Å². The minimum atomic E-state index is 1.14. The van der Waals surface area contributed by atoms with E-state index in [9.17, 15) is 0 Å². The second-order valence-corrected chi connectivity index (χ2v) is 24.1. The van der Waals surface area contributed by atoms with Crippen molar-refractivity contribution in [3.05, 3.63) is 285 Å². The molecule has 0 unspecified atom stereocenters. The highest BCUT2D eigenvalue weighted by molar-refractivity contribution is 7.26. The highest BCUT2D eigenvalue weighted by Gasteiger charge is 2.21. The van der Waals surface area contributed by atoms with E-state index in [0.717, 1.165) is 17.1 Å². The molecule has 386 valence electrons. The zero-order chi connectivity index (χ0) is 54.3. The van der Waals surface area contributed by atoms with Crippen LogP contribution < -0.4 is 0 Å². The van der Waals surface area contributed by atoms with Crippen LogP contribution in [0.3, 0.4) is 0 Å². The Morgan fingerprint density at radius 1 is 0.193 bits per heavy atom. The summed E-state index contributed by atoms with van der Waals surface area (Å²) in [6.45, 7) is 0. The second-order valence-electron chi connectivity index (χ2n) is 22.0. The van der Waals surface area contributed by atoms with Crippen LogP contribution in [0, 0.1) is 0 Å². The normalized spacial score (nSPS) is 12.1. The van der Waals surface area contributed by atoms with Gasteiger partial charge in [0.05, 0.1) is 33.1 Å². The first-order valence-corrected chi connectivity index (χ1v) is 30.0. The summed E-state index contributed by atoms with van der Waals surface area (Å²) >= 11 is 3.78. The summed E-state index contributed by atoms with van der Waals surface area (Å²) in [4.78, 5) is 0. The Balaban J connectivity index is 0.811. The molecule has 83 heavy (non-hydrogen) atoms. The molecule has 0 atom stereocenters. The lowest BCUT2D eigenvalue weighted by molar-refractivity contribution is 1.18. The number of aromatic nitrogens is 3. The molecular formula is C78H47N3S2. The SMILES string of the molecule is c1ccc(-n2c3ccc(-c4ccc5c(c4)c4cc(-c6cccc7c6sc6ccccc67)ccc4n5-c4ccccc4)cc3c3cc(-c4ccc5c(c4)c4cc(-c6cccc7c6sc6ccccc67)ccc4n5-c4ccccc4)ccc32)cc1. The third-order valence-electron chi connectivity index (χ3n) is 17.4. The van der Waals surface area contributed by atoms with Crippen molar-refractivity contribution in [1.82, 2.24) is 13.7 Å². The van der Waals surface area contributed by atoms with E-state index in [1.165, 1.54) is 150 Å². The van der Waals surface area contributed by atoms with Gasteiger partial charge in [-0.1, -0.05) is 164 Å². The summed E-state index contributed by atoms with van der Waals surface area (Å²) in [5.74, 6) is 0. The Hall–Kier alpha value is -10.3. The number of rotatable bonds is 7. The largest absolute Gasteiger partial charge is 0.309 e. The smallest absolute Gasteiger partial charge is 0.0541 e. The van der Waals surface area contributed by atoms with Crippen LogP contribution in [0.2, 0.25) is 0 Å².